The fourth-order valence-electron chi connectivity index (χ4n) is 1.18. The van der Waals surface area contributed by atoms with Crippen LogP contribution in [-0.2, 0) is 4.79 Å². The summed E-state index contributed by atoms with van der Waals surface area (Å²) in [5, 5.41) is 30.4. The summed E-state index contributed by atoms with van der Waals surface area (Å²) in [4.78, 5) is 22.0. The van der Waals surface area contributed by atoms with E-state index in [1.54, 1.807) is 18.2 Å². The van der Waals surface area contributed by atoms with E-state index in [9.17, 15) is 9.59 Å². The summed E-state index contributed by atoms with van der Waals surface area (Å²) >= 11 is 0. The predicted octanol–water partition coefficient (Wildman–Crippen LogP) is 0.125. The molecule has 1 aromatic carbocycles. The van der Waals surface area contributed by atoms with Gasteiger partial charge in [-0.2, -0.15) is 5.26 Å². The van der Waals surface area contributed by atoms with Crippen molar-refractivity contribution in [3.63, 3.8) is 0 Å². The Balaban J connectivity index is 2.64. The molecule has 7 heteroatoms. The summed E-state index contributed by atoms with van der Waals surface area (Å²) in [5.74, 6) is -1.33. The first kappa shape index (κ1) is 13.5. The van der Waals surface area contributed by atoms with Crippen molar-refractivity contribution in [1.82, 2.24) is 5.32 Å². The maximum absolute atomic E-state index is 11.4. The number of nitrogens with one attached hydrogen (secondary N) is 2. The lowest BCUT2D eigenvalue weighted by Crippen LogP contribution is -2.45. The number of aliphatic hydroxyl groups is 1. The first-order valence-electron chi connectivity index (χ1n) is 4.98. The molecule has 1 atom stereocenters. The van der Waals surface area contributed by atoms with Gasteiger partial charge >= 0.3 is 12.0 Å². The third-order valence-corrected chi connectivity index (χ3v) is 2.04. The number of benzene rings is 1. The van der Waals surface area contributed by atoms with E-state index in [2.05, 4.69) is 10.6 Å². The summed E-state index contributed by atoms with van der Waals surface area (Å²) in [6, 6.07) is 5.90. The van der Waals surface area contributed by atoms with E-state index in [-0.39, 0.29) is 0 Å². The van der Waals surface area contributed by atoms with Crippen LogP contribution in [0.4, 0.5) is 10.5 Å². The molecule has 4 N–H and O–H groups in total. The summed E-state index contributed by atoms with van der Waals surface area (Å²) in [6.45, 7) is -0.707. The molecule has 0 aliphatic carbocycles. The van der Waals surface area contributed by atoms with Gasteiger partial charge in [0.2, 0.25) is 0 Å². The molecular weight excluding hydrogens is 238 g/mol. The van der Waals surface area contributed by atoms with Crippen molar-refractivity contribution in [2.24, 2.45) is 0 Å². The highest BCUT2D eigenvalue weighted by atomic mass is 16.4. The Morgan fingerprint density at radius 2 is 2.17 bits per heavy atom. The second kappa shape index (κ2) is 6.22. The molecule has 0 saturated carbocycles. The molecule has 0 radical (unpaired) electrons. The Morgan fingerprint density at radius 3 is 2.72 bits per heavy atom. The third-order valence-electron chi connectivity index (χ3n) is 2.04. The molecule has 18 heavy (non-hydrogen) atoms. The molecular formula is C11H11N3O4. The van der Waals surface area contributed by atoms with Crippen LogP contribution in [0.3, 0.4) is 0 Å². The number of carboxylic acid groups (broad SMARTS) is 1. The van der Waals surface area contributed by atoms with Crippen LogP contribution < -0.4 is 10.6 Å². The fourth-order valence-corrected chi connectivity index (χ4v) is 1.18. The van der Waals surface area contributed by atoms with Crippen molar-refractivity contribution in [2.45, 2.75) is 6.04 Å². The zero-order valence-electron chi connectivity index (χ0n) is 9.25. The first-order chi connectivity index (χ1) is 8.56. The minimum Gasteiger partial charge on any atom is -0.480 e. The number of rotatable bonds is 4. The van der Waals surface area contributed by atoms with Crippen molar-refractivity contribution in [1.29, 1.82) is 5.26 Å². The highest BCUT2D eigenvalue weighted by Gasteiger charge is 2.18. The molecule has 0 aliphatic heterocycles. The van der Waals surface area contributed by atoms with Crippen LogP contribution in [-0.4, -0.2) is 34.9 Å². The van der Waals surface area contributed by atoms with Crippen LogP contribution in [0.25, 0.3) is 0 Å². The molecule has 94 valence electrons. The molecule has 0 unspecified atom stereocenters. The zero-order chi connectivity index (χ0) is 13.5. The number of aliphatic hydroxyl groups excluding tert-OH is 1. The lowest BCUT2D eigenvalue weighted by molar-refractivity contribution is -0.140. The van der Waals surface area contributed by atoms with Crippen LogP contribution in [0.5, 0.6) is 0 Å². The topological polar surface area (TPSA) is 122 Å². The molecule has 0 fully saturated rings. The Morgan fingerprint density at radius 1 is 1.44 bits per heavy atom. The van der Waals surface area contributed by atoms with Gasteiger partial charge in [0.25, 0.3) is 0 Å². The largest absolute Gasteiger partial charge is 0.480 e. The number of hydrogen-bond donors (Lipinski definition) is 4. The van der Waals surface area contributed by atoms with E-state index in [1.165, 1.54) is 6.07 Å². The smallest absolute Gasteiger partial charge is 0.328 e. The van der Waals surface area contributed by atoms with E-state index in [0.717, 1.165) is 0 Å². The Kier molecular flexibility index (Phi) is 4.66. The average Bonchev–Trinajstić information content (AvgIpc) is 2.35. The number of carbonyl (C=O) groups excluding carboxylic acids is 1. The predicted molar refractivity (Wildman–Crippen MR) is 61.8 cm³/mol. The highest BCUT2D eigenvalue weighted by Crippen LogP contribution is 2.09. The molecule has 0 aliphatic rings. The SMILES string of the molecule is N#Cc1cccc(NC(=O)N[C@@H](CO)C(=O)O)c1. The first-order valence-corrected chi connectivity index (χ1v) is 4.98. The van der Waals surface area contributed by atoms with Crippen molar-refractivity contribution >= 4 is 17.7 Å². The number of urea groups is 1. The standard InChI is InChI=1S/C11H11N3O4/c12-5-7-2-1-3-8(4-7)13-11(18)14-9(6-15)10(16)17/h1-4,9,15H,6H2,(H,16,17)(H2,13,14,18)/t9-/m0/s1. The van der Waals surface area contributed by atoms with Crippen LogP contribution in [0.2, 0.25) is 0 Å². The number of amides is 2. The van der Waals surface area contributed by atoms with Gasteiger partial charge < -0.3 is 20.8 Å². The van der Waals surface area contributed by atoms with Crippen molar-refractivity contribution < 1.29 is 19.8 Å². The van der Waals surface area contributed by atoms with E-state index in [1.807, 2.05) is 6.07 Å². The number of carboxylic acids is 1. The molecule has 7 nitrogen and oxygen atoms in total. The van der Waals surface area contributed by atoms with Gasteiger partial charge in [-0.25, -0.2) is 9.59 Å². The van der Waals surface area contributed by atoms with Gasteiger partial charge in [0.05, 0.1) is 18.2 Å². The Labute approximate surface area is 103 Å². The third kappa shape index (κ3) is 3.77. The van der Waals surface area contributed by atoms with Gasteiger partial charge in [0.1, 0.15) is 0 Å². The second-order valence-corrected chi connectivity index (χ2v) is 3.36. The monoisotopic (exact) mass is 249 g/mol. The lowest BCUT2D eigenvalue weighted by Gasteiger charge is -2.12. The quantitative estimate of drug-likeness (QED) is 0.603. The summed E-state index contributed by atoms with van der Waals surface area (Å²) in [7, 11) is 0. The summed E-state index contributed by atoms with van der Waals surface area (Å²) in [6.07, 6.45) is 0. The average molecular weight is 249 g/mol. The van der Waals surface area contributed by atoms with E-state index < -0.39 is 24.6 Å². The molecule has 0 aromatic heterocycles. The molecule has 2 amide bonds. The number of nitriles is 1. The van der Waals surface area contributed by atoms with Crippen LogP contribution in [0.1, 0.15) is 5.56 Å². The van der Waals surface area contributed by atoms with Crippen molar-refractivity contribution in [3.8, 4) is 6.07 Å². The van der Waals surface area contributed by atoms with Gasteiger partial charge in [-0.15, -0.1) is 0 Å². The van der Waals surface area contributed by atoms with E-state index in [4.69, 9.17) is 15.5 Å². The van der Waals surface area contributed by atoms with Gasteiger partial charge in [-0.3, -0.25) is 0 Å². The second-order valence-electron chi connectivity index (χ2n) is 3.36. The minimum absolute atomic E-state index is 0.355. The highest BCUT2D eigenvalue weighted by molar-refractivity contribution is 5.92. The molecule has 0 spiro atoms. The summed E-state index contributed by atoms with van der Waals surface area (Å²) in [5.41, 5.74) is 0.721. The Hall–Kier alpha value is -2.59. The zero-order valence-corrected chi connectivity index (χ0v) is 9.25. The maximum atomic E-state index is 11.4. The normalized spacial score (nSPS) is 11.1. The fraction of sp³-hybridized carbons (Fsp3) is 0.182. The van der Waals surface area contributed by atoms with E-state index >= 15 is 0 Å². The Bertz CT molecular complexity index is 495. The van der Waals surface area contributed by atoms with Crippen molar-refractivity contribution in [3.05, 3.63) is 29.8 Å². The molecule has 1 rings (SSSR count). The number of nitrogens with zero attached hydrogens (tertiary/aromatic N) is 1. The summed E-state index contributed by atoms with van der Waals surface area (Å²) < 4.78 is 0. The van der Waals surface area contributed by atoms with Crippen LogP contribution in [0.15, 0.2) is 24.3 Å². The number of hydrogen-bond acceptors (Lipinski definition) is 4. The van der Waals surface area contributed by atoms with Gasteiger partial charge in [-0.05, 0) is 18.2 Å². The van der Waals surface area contributed by atoms with Gasteiger partial charge in [0.15, 0.2) is 6.04 Å². The van der Waals surface area contributed by atoms with Crippen LogP contribution >= 0.6 is 0 Å². The molecule has 0 saturated heterocycles. The van der Waals surface area contributed by atoms with Crippen molar-refractivity contribution in [2.75, 3.05) is 11.9 Å². The molecule has 0 heterocycles. The molecule has 0 bridgehead atoms. The number of carbonyl (C=O) groups is 2. The maximum Gasteiger partial charge on any atom is 0.328 e. The van der Waals surface area contributed by atoms with Gasteiger partial charge in [0, 0.05) is 5.69 Å². The lowest BCUT2D eigenvalue weighted by atomic mass is 10.2. The van der Waals surface area contributed by atoms with Gasteiger partial charge in [-0.1, -0.05) is 6.07 Å². The minimum atomic E-state index is -1.37. The molecule has 1 aromatic rings. The number of aliphatic carboxylic acids is 1. The van der Waals surface area contributed by atoms with E-state index in [0.29, 0.717) is 11.3 Å². The number of anilines is 1. The van der Waals surface area contributed by atoms with Crippen LogP contribution in [0, 0.1) is 11.3 Å².